The molecule has 10 nitrogen and oxygen atoms in total. The summed E-state index contributed by atoms with van der Waals surface area (Å²) in [6, 6.07) is 10.4. The number of amides is 1. The van der Waals surface area contributed by atoms with Crippen LogP contribution in [0.2, 0.25) is 0 Å². The molecule has 0 radical (unpaired) electrons. The van der Waals surface area contributed by atoms with Crippen molar-refractivity contribution in [2.75, 3.05) is 5.32 Å². The van der Waals surface area contributed by atoms with Gasteiger partial charge in [0.2, 0.25) is 11.7 Å². The zero-order chi connectivity index (χ0) is 22.0. The maximum Gasteiger partial charge on any atom is 0.256 e. The first kappa shape index (κ1) is 20.2. The van der Waals surface area contributed by atoms with Crippen molar-refractivity contribution in [3.8, 4) is 11.7 Å². The van der Waals surface area contributed by atoms with Crippen molar-refractivity contribution in [2.45, 2.75) is 34.3 Å². The molecule has 31 heavy (non-hydrogen) atoms. The highest BCUT2D eigenvalue weighted by atomic mass is 16.5. The van der Waals surface area contributed by atoms with Crippen LogP contribution < -0.4 is 10.1 Å². The number of hydrogen-bond acceptors (Lipinski definition) is 8. The Hall–Kier alpha value is -4.08. The van der Waals surface area contributed by atoms with Gasteiger partial charge < -0.3 is 14.6 Å². The predicted molar refractivity (Wildman–Crippen MR) is 111 cm³/mol. The minimum atomic E-state index is -0.286. The first-order valence-electron chi connectivity index (χ1n) is 9.60. The van der Waals surface area contributed by atoms with E-state index < -0.39 is 0 Å². The van der Waals surface area contributed by atoms with Crippen LogP contribution in [0.5, 0.6) is 5.75 Å². The standard InChI is InChI=1S/C21H21N7O3/c1-12-9-13(2)23-21(22-12)28-19(10-14(3)26-28)25-20(29)16-5-7-17(8-6-16)30-11-18-24-15(4)31-27-18/h5-10H,11H2,1-4H3,(H,25,29). The Kier molecular flexibility index (Phi) is 5.44. The number of nitrogens with zero attached hydrogens (tertiary/aromatic N) is 6. The van der Waals surface area contributed by atoms with Gasteiger partial charge in [-0.3, -0.25) is 4.79 Å². The third-order valence-corrected chi connectivity index (χ3v) is 4.29. The summed E-state index contributed by atoms with van der Waals surface area (Å²) in [7, 11) is 0. The zero-order valence-corrected chi connectivity index (χ0v) is 17.6. The third-order valence-electron chi connectivity index (χ3n) is 4.29. The fraction of sp³-hybridized carbons (Fsp3) is 0.238. The van der Waals surface area contributed by atoms with E-state index in [1.165, 1.54) is 4.68 Å². The number of carbonyl (C=O) groups is 1. The lowest BCUT2D eigenvalue weighted by Gasteiger charge is -2.09. The molecule has 0 saturated carbocycles. The van der Waals surface area contributed by atoms with Gasteiger partial charge in [-0.2, -0.15) is 14.8 Å². The van der Waals surface area contributed by atoms with Crippen LogP contribution in [0.1, 0.15) is 39.2 Å². The van der Waals surface area contributed by atoms with Crippen LogP contribution in [0.15, 0.2) is 40.9 Å². The normalized spacial score (nSPS) is 10.8. The molecule has 0 aliphatic rings. The van der Waals surface area contributed by atoms with Crippen LogP contribution in [0.25, 0.3) is 5.95 Å². The molecule has 1 aromatic carbocycles. The maximum atomic E-state index is 12.8. The molecule has 4 aromatic rings. The minimum absolute atomic E-state index is 0.178. The summed E-state index contributed by atoms with van der Waals surface area (Å²) in [4.78, 5) is 25.7. The van der Waals surface area contributed by atoms with Crippen molar-refractivity contribution in [3.63, 3.8) is 0 Å². The van der Waals surface area contributed by atoms with Gasteiger partial charge in [0, 0.05) is 29.9 Å². The molecule has 0 aliphatic carbocycles. The molecule has 10 heteroatoms. The van der Waals surface area contributed by atoms with Crippen LogP contribution in [-0.4, -0.2) is 35.8 Å². The highest BCUT2D eigenvalue weighted by Gasteiger charge is 2.15. The highest BCUT2D eigenvalue weighted by molar-refractivity contribution is 6.04. The van der Waals surface area contributed by atoms with E-state index in [-0.39, 0.29) is 12.5 Å². The molecule has 0 saturated heterocycles. The minimum Gasteiger partial charge on any atom is -0.485 e. The van der Waals surface area contributed by atoms with Gasteiger partial charge in [-0.25, -0.2) is 9.97 Å². The Morgan fingerprint density at radius 1 is 1.00 bits per heavy atom. The molecule has 0 fully saturated rings. The lowest BCUT2D eigenvalue weighted by molar-refractivity contribution is 0.102. The summed E-state index contributed by atoms with van der Waals surface area (Å²) in [5.74, 6) is 2.12. The summed E-state index contributed by atoms with van der Waals surface area (Å²) >= 11 is 0. The second kappa shape index (κ2) is 8.34. The molecule has 0 unspecified atom stereocenters. The molecule has 158 valence electrons. The van der Waals surface area contributed by atoms with E-state index in [1.807, 2.05) is 26.8 Å². The van der Waals surface area contributed by atoms with Crippen molar-refractivity contribution in [1.82, 2.24) is 29.9 Å². The second-order valence-corrected chi connectivity index (χ2v) is 7.03. The van der Waals surface area contributed by atoms with Crippen molar-refractivity contribution in [3.05, 3.63) is 70.8 Å². The summed E-state index contributed by atoms with van der Waals surface area (Å²) in [5.41, 5.74) is 2.84. The third kappa shape index (κ3) is 4.74. The number of aryl methyl sites for hydroxylation is 4. The predicted octanol–water partition coefficient (Wildman–Crippen LogP) is 3.11. The largest absolute Gasteiger partial charge is 0.485 e. The van der Waals surface area contributed by atoms with E-state index in [2.05, 4.69) is 30.5 Å². The summed E-state index contributed by atoms with van der Waals surface area (Å²) in [5, 5.41) is 11.1. The molecular formula is C21H21N7O3. The SMILES string of the molecule is Cc1cc(C)nc(-n2nc(C)cc2NC(=O)c2ccc(OCc3noc(C)n3)cc2)n1. The molecule has 0 aliphatic heterocycles. The van der Waals surface area contributed by atoms with Gasteiger partial charge >= 0.3 is 0 Å². The molecule has 1 amide bonds. The molecule has 0 spiro atoms. The van der Waals surface area contributed by atoms with Gasteiger partial charge in [0.05, 0.1) is 5.69 Å². The number of nitrogens with one attached hydrogen (secondary N) is 1. The van der Waals surface area contributed by atoms with E-state index in [0.29, 0.717) is 34.8 Å². The second-order valence-electron chi connectivity index (χ2n) is 7.03. The van der Waals surface area contributed by atoms with E-state index in [9.17, 15) is 4.79 Å². The monoisotopic (exact) mass is 419 g/mol. The molecule has 1 N–H and O–H groups in total. The lowest BCUT2D eigenvalue weighted by atomic mass is 10.2. The van der Waals surface area contributed by atoms with Gasteiger partial charge in [0.15, 0.2) is 6.61 Å². The van der Waals surface area contributed by atoms with Crippen molar-refractivity contribution >= 4 is 11.7 Å². The Labute approximate surface area is 178 Å². The lowest BCUT2D eigenvalue weighted by Crippen LogP contribution is -2.16. The molecule has 4 rings (SSSR count). The fourth-order valence-electron chi connectivity index (χ4n) is 2.98. The molecule has 3 heterocycles. The first-order valence-corrected chi connectivity index (χ1v) is 9.60. The number of benzene rings is 1. The first-order chi connectivity index (χ1) is 14.9. The number of aromatic nitrogens is 6. The van der Waals surface area contributed by atoms with Gasteiger partial charge in [0.1, 0.15) is 11.6 Å². The highest BCUT2D eigenvalue weighted by Crippen LogP contribution is 2.18. The van der Waals surface area contributed by atoms with E-state index >= 15 is 0 Å². The van der Waals surface area contributed by atoms with Crippen LogP contribution in [-0.2, 0) is 6.61 Å². The Morgan fingerprint density at radius 2 is 1.71 bits per heavy atom. The number of ether oxygens (including phenoxy) is 1. The summed E-state index contributed by atoms with van der Waals surface area (Å²) < 4.78 is 12.0. The van der Waals surface area contributed by atoms with Gasteiger partial charge in [-0.1, -0.05) is 5.16 Å². The van der Waals surface area contributed by atoms with Crippen molar-refractivity contribution in [1.29, 1.82) is 0 Å². The van der Waals surface area contributed by atoms with Gasteiger partial charge in [-0.15, -0.1) is 0 Å². The Bertz CT molecular complexity index is 1210. The van der Waals surface area contributed by atoms with Crippen LogP contribution in [0, 0.1) is 27.7 Å². The Morgan fingerprint density at radius 3 is 2.35 bits per heavy atom. The van der Waals surface area contributed by atoms with Crippen LogP contribution >= 0.6 is 0 Å². The van der Waals surface area contributed by atoms with Crippen molar-refractivity contribution in [2.24, 2.45) is 0 Å². The number of carbonyl (C=O) groups excluding carboxylic acids is 1. The topological polar surface area (TPSA) is 121 Å². The summed E-state index contributed by atoms with van der Waals surface area (Å²) in [6.07, 6.45) is 0. The molecule has 3 aromatic heterocycles. The van der Waals surface area contributed by atoms with Gasteiger partial charge in [0.25, 0.3) is 11.9 Å². The van der Waals surface area contributed by atoms with Gasteiger partial charge in [-0.05, 0) is 51.1 Å². The average molecular weight is 419 g/mol. The zero-order valence-electron chi connectivity index (χ0n) is 17.6. The average Bonchev–Trinajstić information content (AvgIpc) is 3.31. The van der Waals surface area contributed by atoms with Crippen LogP contribution in [0.4, 0.5) is 5.82 Å². The van der Waals surface area contributed by atoms with Crippen molar-refractivity contribution < 1.29 is 14.1 Å². The quantitative estimate of drug-likeness (QED) is 0.506. The van der Waals surface area contributed by atoms with E-state index in [1.54, 1.807) is 37.3 Å². The molecular weight excluding hydrogens is 398 g/mol. The molecule has 0 atom stereocenters. The Balaban J connectivity index is 1.47. The maximum absolute atomic E-state index is 12.8. The molecule has 0 bridgehead atoms. The number of rotatable bonds is 6. The summed E-state index contributed by atoms with van der Waals surface area (Å²) in [6.45, 7) is 7.50. The number of anilines is 1. The van der Waals surface area contributed by atoms with E-state index in [0.717, 1.165) is 17.1 Å². The van der Waals surface area contributed by atoms with Crippen LogP contribution in [0.3, 0.4) is 0 Å². The fourth-order valence-corrected chi connectivity index (χ4v) is 2.98. The van der Waals surface area contributed by atoms with E-state index in [4.69, 9.17) is 9.26 Å². The number of hydrogen-bond donors (Lipinski definition) is 1. The smallest absolute Gasteiger partial charge is 0.256 e.